The van der Waals surface area contributed by atoms with E-state index in [1.54, 1.807) is 18.3 Å². The van der Waals surface area contributed by atoms with Crippen molar-refractivity contribution in [3.63, 3.8) is 0 Å². The number of nitrogens with zero attached hydrogens (tertiary/aromatic N) is 1. The number of rotatable bonds is 5. The summed E-state index contributed by atoms with van der Waals surface area (Å²) in [4.78, 5) is 16.3. The Morgan fingerprint density at radius 1 is 1.19 bits per heavy atom. The number of halogens is 1. The first-order valence-corrected chi connectivity index (χ1v) is 8.43. The topological polar surface area (TPSA) is 64.4 Å². The molecule has 0 spiro atoms. The van der Waals surface area contributed by atoms with Crippen molar-refractivity contribution in [3.05, 3.63) is 65.9 Å². The van der Waals surface area contributed by atoms with Gasteiger partial charge in [0.05, 0.1) is 12.8 Å². The van der Waals surface area contributed by atoms with Crippen LogP contribution in [0.3, 0.4) is 0 Å². The number of nitrogens with one attached hydrogen (secondary N) is 1. The Hall–Kier alpha value is -3.15. The highest BCUT2D eigenvalue weighted by Gasteiger charge is 2.14. The summed E-state index contributed by atoms with van der Waals surface area (Å²) >= 11 is 0. The summed E-state index contributed by atoms with van der Waals surface area (Å²) in [5.41, 5.74) is 2.62. The highest BCUT2D eigenvalue weighted by molar-refractivity contribution is 5.91. The van der Waals surface area contributed by atoms with Gasteiger partial charge in [-0.25, -0.2) is 9.37 Å². The van der Waals surface area contributed by atoms with E-state index >= 15 is 0 Å². The molecule has 3 aromatic rings. The second kappa shape index (κ2) is 7.00. The molecule has 1 amide bonds. The van der Waals surface area contributed by atoms with E-state index in [0.717, 1.165) is 29.0 Å². The van der Waals surface area contributed by atoms with Gasteiger partial charge in [-0.1, -0.05) is 0 Å². The number of amides is 1. The average molecular weight is 352 g/mol. The molecule has 1 N–H and O–H groups in total. The van der Waals surface area contributed by atoms with Crippen LogP contribution < -0.4 is 10.1 Å². The van der Waals surface area contributed by atoms with Gasteiger partial charge < -0.3 is 14.5 Å². The number of anilines is 1. The zero-order valence-corrected chi connectivity index (χ0v) is 14.0. The predicted molar refractivity (Wildman–Crippen MR) is 94.5 cm³/mol. The number of hydrogen-bond donors (Lipinski definition) is 1. The fraction of sp³-hybridized carbons (Fsp3) is 0.200. The molecule has 1 aliphatic heterocycles. The molecule has 0 radical (unpaired) electrons. The summed E-state index contributed by atoms with van der Waals surface area (Å²) in [5, 5.41) is 2.88. The summed E-state index contributed by atoms with van der Waals surface area (Å²) in [6, 6.07) is 11.6. The van der Waals surface area contributed by atoms with Gasteiger partial charge in [0.15, 0.2) is 11.7 Å². The number of aryl methyl sites for hydroxylation is 1. The third kappa shape index (κ3) is 3.59. The van der Waals surface area contributed by atoms with Crippen LogP contribution in [0.25, 0.3) is 11.3 Å². The third-order valence-corrected chi connectivity index (χ3v) is 4.22. The van der Waals surface area contributed by atoms with Gasteiger partial charge in [0.25, 0.3) is 0 Å². The molecule has 0 saturated heterocycles. The second-order valence-corrected chi connectivity index (χ2v) is 6.09. The molecule has 6 heteroatoms. The Balaban J connectivity index is 1.34. The van der Waals surface area contributed by atoms with Crippen molar-refractivity contribution in [1.29, 1.82) is 0 Å². The molecule has 1 aliphatic rings. The van der Waals surface area contributed by atoms with Crippen LogP contribution >= 0.6 is 0 Å². The molecule has 0 saturated carbocycles. The van der Waals surface area contributed by atoms with Gasteiger partial charge in [0.2, 0.25) is 5.91 Å². The third-order valence-electron chi connectivity index (χ3n) is 4.22. The first-order chi connectivity index (χ1) is 12.7. The molecular weight excluding hydrogens is 335 g/mol. The standard InChI is InChI=1S/C20H17FN2O3/c21-15-3-1-13(2-4-15)18-12-22-20(26-18)8-7-19(24)23-16-5-6-17-14(11-16)9-10-25-17/h1-6,11-12H,7-10H2,(H,23,24). The highest BCUT2D eigenvalue weighted by Crippen LogP contribution is 2.28. The van der Waals surface area contributed by atoms with E-state index in [1.165, 1.54) is 12.1 Å². The monoisotopic (exact) mass is 352 g/mol. The van der Waals surface area contributed by atoms with Gasteiger partial charge >= 0.3 is 0 Å². The van der Waals surface area contributed by atoms with Crippen LogP contribution in [0.1, 0.15) is 17.9 Å². The molecule has 0 atom stereocenters. The zero-order chi connectivity index (χ0) is 17.9. The van der Waals surface area contributed by atoms with E-state index in [-0.39, 0.29) is 18.1 Å². The molecule has 4 rings (SSSR count). The van der Waals surface area contributed by atoms with Crippen LogP contribution in [-0.2, 0) is 17.6 Å². The fourth-order valence-corrected chi connectivity index (χ4v) is 2.88. The number of fused-ring (bicyclic) bond motifs is 1. The molecule has 0 aliphatic carbocycles. The Morgan fingerprint density at radius 3 is 2.88 bits per heavy atom. The van der Waals surface area contributed by atoms with Crippen molar-refractivity contribution in [2.24, 2.45) is 0 Å². The minimum atomic E-state index is -0.303. The van der Waals surface area contributed by atoms with Crippen molar-refractivity contribution >= 4 is 11.6 Å². The maximum Gasteiger partial charge on any atom is 0.224 e. The smallest absolute Gasteiger partial charge is 0.224 e. The van der Waals surface area contributed by atoms with Gasteiger partial charge in [-0.05, 0) is 48.0 Å². The zero-order valence-electron chi connectivity index (χ0n) is 14.0. The molecule has 2 heterocycles. The molecule has 0 unspecified atom stereocenters. The molecule has 132 valence electrons. The number of carbonyl (C=O) groups excluding carboxylic acids is 1. The van der Waals surface area contributed by atoms with Gasteiger partial charge in [0, 0.05) is 30.5 Å². The van der Waals surface area contributed by atoms with Crippen LogP contribution in [0, 0.1) is 5.82 Å². The summed E-state index contributed by atoms with van der Waals surface area (Å²) < 4.78 is 24.1. The molecule has 2 aromatic carbocycles. The normalized spacial score (nSPS) is 12.5. The van der Waals surface area contributed by atoms with Crippen LogP contribution in [0.2, 0.25) is 0 Å². The number of aromatic nitrogens is 1. The lowest BCUT2D eigenvalue weighted by atomic mass is 10.1. The maximum absolute atomic E-state index is 13.0. The SMILES string of the molecule is O=C(CCc1ncc(-c2ccc(F)cc2)o1)Nc1ccc2c(c1)CCO2. The van der Waals surface area contributed by atoms with E-state index in [0.29, 0.717) is 24.7 Å². The maximum atomic E-state index is 13.0. The number of carbonyl (C=O) groups is 1. The molecular formula is C20H17FN2O3. The molecule has 26 heavy (non-hydrogen) atoms. The first kappa shape index (κ1) is 16.3. The Labute approximate surface area is 149 Å². The Morgan fingerprint density at radius 2 is 2.04 bits per heavy atom. The van der Waals surface area contributed by atoms with E-state index in [2.05, 4.69) is 10.3 Å². The van der Waals surface area contributed by atoms with Crippen molar-refractivity contribution in [1.82, 2.24) is 4.98 Å². The lowest BCUT2D eigenvalue weighted by molar-refractivity contribution is -0.116. The Bertz CT molecular complexity index is 934. The van der Waals surface area contributed by atoms with Crippen molar-refractivity contribution in [2.45, 2.75) is 19.3 Å². The summed E-state index contributed by atoms with van der Waals surface area (Å²) in [6.45, 7) is 0.688. The molecule has 1 aromatic heterocycles. The van der Waals surface area contributed by atoms with Crippen LogP contribution in [-0.4, -0.2) is 17.5 Å². The minimum Gasteiger partial charge on any atom is -0.493 e. The quantitative estimate of drug-likeness (QED) is 0.754. The second-order valence-electron chi connectivity index (χ2n) is 6.09. The van der Waals surface area contributed by atoms with E-state index in [1.807, 2.05) is 18.2 Å². The largest absolute Gasteiger partial charge is 0.493 e. The van der Waals surface area contributed by atoms with Crippen molar-refractivity contribution in [2.75, 3.05) is 11.9 Å². The summed E-state index contributed by atoms with van der Waals surface area (Å²) in [7, 11) is 0. The van der Waals surface area contributed by atoms with Gasteiger partial charge in [-0.2, -0.15) is 0 Å². The fourth-order valence-electron chi connectivity index (χ4n) is 2.88. The lowest BCUT2D eigenvalue weighted by Crippen LogP contribution is -2.12. The van der Waals surface area contributed by atoms with Gasteiger partial charge in [-0.15, -0.1) is 0 Å². The molecule has 0 bridgehead atoms. The highest BCUT2D eigenvalue weighted by atomic mass is 19.1. The Kier molecular flexibility index (Phi) is 4.39. The lowest BCUT2D eigenvalue weighted by Gasteiger charge is -2.06. The summed E-state index contributed by atoms with van der Waals surface area (Å²) in [5.74, 6) is 1.51. The van der Waals surface area contributed by atoms with Crippen LogP contribution in [0.15, 0.2) is 53.1 Å². The number of ether oxygens (including phenoxy) is 1. The van der Waals surface area contributed by atoms with E-state index in [4.69, 9.17) is 9.15 Å². The van der Waals surface area contributed by atoms with E-state index < -0.39 is 0 Å². The number of hydrogen-bond acceptors (Lipinski definition) is 4. The van der Waals surface area contributed by atoms with Crippen LogP contribution in [0.4, 0.5) is 10.1 Å². The van der Waals surface area contributed by atoms with Gasteiger partial charge in [0.1, 0.15) is 11.6 Å². The summed E-state index contributed by atoms with van der Waals surface area (Å²) in [6.07, 6.45) is 3.10. The first-order valence-electron chi connectivity index (χ1n) is 8.43. The van der Waals surface area contributed by atoms with E-state index in [9.17, 15) is 9.18 Å². The number of benzene rings is 2. The molecule has 0 fully saturated rings. The predicted octanol–water partition coefficient (Wildman–Crippen LogP) is 3.99. The minimum absolute atomic E-state index is 0.106. The van der Waals surface area contributed by atoms with Crippen molar-refractivity contribution < 1.29 is 18.3 Å². The molecule has 5 nitrogen and oxygen atoms in total. The number of oxazole rings is 1. The average Bonchev–Trinajstić information content (AvgIpc) is 3.29. The van der Waals surface area contributed by atoms with Gasteiger partial charge in [-0.3, -0.25) is 4.79 Å². The van der Waals surface area contributed by atoms with Crippen LogP contribution in [0.5, 0.6) is 5.75 Å². The van der Waals surface area contributed by atoms with Crippen molar-refractivity contribution in [3.8, 4) is 17.1 Å².